The molecular formula is C32H54N6O3. The number of carbonyl (C=O) groups is 2. The molecule has 0 spiro atoms. The molecule has 9 nitrogen and oxygen atoms in total. The third-order valence-corrected chi connectivity index (χ3v) is 8.97. The lowest BCUT2D eigenvalue weighted by atomic mass is 9.77. The van der Waals surface area contributed by atoms with E-state index in [0.29, 0.717) is 68.4 Å². The number of fused-ring (bicyclic) bond motifs is 1. The maximum Gasteiger partial charge on any atom is 0.259 e. The Bertz CT molecular complexity index is 1020. The lowest BCUT2D eigenvalue weighted by Crippen LogP contribution is -2.57. The zero-order chi connectivity index (χ0) is 29.6. The third-order valence-electron chi connectivity index (χ3n) is 8.97. The minimum atomic E-state index is -0.241. The molecule has 41 heavy (non-hydrogen) atoms. The quantitative estimate of drug-likeness (QED) is 0.400. The number of piperidine rings is 2. The van der Waals surface area contributed by atoms with Gasteiger partial charge in [-0.05, 0) is 50.4 Å². The van der Waals surface area contributed by atoms with Crippen molar-refractivity contribution in [3.63, 3.8) is 0 Å². The van der Waals surface area contributed by atoms with Crippen molar-refractivity contribution in [3.8, 4) is 0 Å². The number of anilines is 1. The van der Waals surface area contributed by atoms with E-state index in [1.54, 1.807) is 13.3 Å². The van der Waals surface area contributed by atoms with Crippen LogP contribution in [-0.4, -0.2) is 90.1 Å². The maximum absolute atomic E-state index is 14.3. The first-order valence-electron chi connectivity index (χ1n) is 16.0. The van der Waals surface area contributed by atoms with E-state index in [1.807, 2.05) is 4.90 Å². The number of ether oxygens (including phenoxy) is 1. The SMILES string of the molecule is COCCCNc1nc(C(C)(C)C)ncc1C(=O)N(CC(C)C)[C@@H]1CNC[C@H](C(=O)N2CCC[C@H]3CCCC[C@@H]32)C1. The van der Waals surface area contributed by atoms with Crippen molar-refractivity contribution in [2.45, 2.75) is 103 Å². The van der Waals surface area contributed by atoms with Gasteiger partial charge in [0.15, 0.2) is 0 Å². The van der Waals surface area contributed by atoms with Gasteiger partial charge in [0.05, 0.1) is 5.92 Å². The first kappa shape index (κ1) is 31.7. The van der Waals surface area contributed by atoms with Crippen LogP contribution in [0.2, 0.25) is 0 Å². The van der Waals surface area contributed by atoms with Crippen LogP contribution >= 0.6 is 0 Å². The van der Waals surface area contributed by atoms with Crippen LogP contribution in [0.5, 0.6) is 0 Å². The zero-order valence-electron chi connectivity index (χ0n) is 26.4. The molecule has 0 unspecified atom stereocenters. The number of carbonyl (C=O) groups excluding carboxylic acids is 2. The highest BCUT2D eigenvalue weighted by Crippen LogP contribution is 2.36. The van der Waals surface area contributed by atoms with Crippen LogP contribution in [0.3, 0.4) is 0 Å². The fraction of sp³-hybridized carbons (Fsp3) is 0.812. The van der Waals surface area contributed by atoms with E-state index in [4.69, 9.17) is 9.72 Å². The molecule has 9 heteroatoms. The predicted octanol–water partition coefficient (Wildman–Crippen LogP) is 4.48. The van der Waals surface area contributed by atoms with Gasteiger partial charge in [0, 0.05) is 70.1 Å². The first-order chi connectivity index (χ1) is 19.6. The summed E-state index contributed by atoms with van der Waals surface area (Å²) in [5, 5.41) is 6.92. The van der Waals surface area contributed by atoms with Gasteiger partial charge in [0.2, 0.25) is 5.91 Å². The number of rotatable bonds is 10. The summed E-state index contributed by atoms with van der Waals surface area (Å²) in [4.78, 5) is 41.9. The maximum atomic E-state index is 14.3. The molecule has 230 valence electrons. The molecule has 2 saturated heterocycles. The van der Waals surface area contributed by atoms with Crippen molar-refractivity contribution in [3.05, 3.63) is 17.6 Å². The molecule has 0 bridgehead atoms. The summed E-state index contributed by atoms with van der Waals surface area (Å²) < 4.78 is 5.21. The summed E-state index contributed by atoms with van der Waals surface area (Å²) in [6, 6.07) is 0.340. The van der Waals surface area contributed by atoms with Gasteiger partial charge in [-0.25, -0.2) is 9.97 Å². The van der Waals surface area contributed by atoms with Crippen molar-refractivity contribution >= 4 is 17.6 Å². The fourth-order valence-corrected chi connectivity index (χ4v) is 6.88. The Morgan fingerprint density at radius 1 is 1.17 bits per heavy atom. The third kappa shape index (κ3) is 7.98. The van der Waals surface area contributed by atoms with Crippen molar-refractivity contribution < 1.29 is 14.3 Å². The number of likely N-dealkylation sites (tertiary alicyclic amines) is 1. The molecule has 3 heterocycles. The van der Waals surface area contributed by atoms with Gasteiger partial charge in [0.25, 0.3) is 5.91 Å². The van der Waals surface area contributed by atoms with Crippen LogP contribution in [0.4, 0.5) is 5.82 Å². The molecule has 2 amide bonds. The van der Waals surface area contributed by atoms with Crippen molar-refractivity contribution in [1.29, 1.82) is 0 Å². The highest BCUT2D eigenvalue weighted by atomic mass is 16.5. The lowest BCUT2D eigenvalue weighted by molar-refractivity contribution is -0.143. The average molecular weight is 571 g/mol. The van der Waals surface area contributed by atoms with Crippen molar-refractivity contribution in [2.24, 2.45) is 17.8 Å². The standard InChI is InChI=1S/C32H54N6O3/c1-22(2)21-38(30(40)26-20-35-31(32(3,4)5)36-28(26)34-14-10-16-41-6)25-17-24(18-33-19-25)29(39)37-15-9-12-23-11-7-8-13-27(23)37/h20,22-25,27,33H,7-19,21H2,1-6H3,(H,34,35,36)/t23-,24-,25+,27+/m1/s1. The number of hydrogen-bond donors (Lipinski definition) is 2. The Hall–Kier alpha value is -2.26. The molecule has 3 fully saturated rings. The molecule has 1 saturated carbocycles. The first-order valence-corrected chi connectivity index (χ1v) is 16.0. The molecule has 4 atom stereocenters. The average Bonchev–Trinajstić information content (AvgIpc) is 2.96. The van der Waals surface area contributed by atoms with Crippen LogP contribution in [-0.2, 0) is 14.9 Å². The number of aromatic nitrogens is 2. The number of hydrogen-bond acceptors (Lipinski definition) is 7. The largest absolute Gasteiger partial charge is 0.385 e. The molecule has 1 aromatic heterocycles. The zero-order valence-corrected chi connectivity index (χ0v) is 26.4. The van der Waals surface area contributed by atoms with E-state index in [2.05, 4.69) is 55.1 Å². The molecule has 1 aliphatic carbocycles. The minimum absolute atomic E-state index is 0.0665. The molecule has 0 aromatic carbocycles. The molecule has 2 N–H and O–H groups in total. The van der Waals surface area contributed by atoms with Gasteiger partial charge in [-0.15, -0.1) is 0 Å². The molecule has 0 radical (unpaired) electrons. The monoisotopic (exact) mass is 570 g/mol. The lowest BCUT2D eigenvalue weighted by Gasteiger charge is -2.46. The Kier molecular flexibility index (Phi) is 11.0. The minimum Gasteiger partial charge on any atom is -0.385 e. The van der Waals surface area contributed by atoms with Crippen LogP contribution in [0, 0.1) is 17.8 Å². The highest BCUT2D eigenvalue weighted by molar-refractivity contribution is 5.98. The van der Waals surface area contributed by atoms with Gasteiger partial charge < -0.3 is 25.2 Å². The van der Waals surface area contributed by atoms with Crippen LogP contribution < -0.4 is 10.6 Å². The Labute approximate surface area is 247 Å². The van der Waals surface area contributed by atoms with Gasteiger partial charge in [0.1, 0.15) is 17.2 Å². The molecular weight excluding hydrogens is 516 g/mol. The number of amides is 2. The Morgan fingerprint density at radius 2 is 1.93 bits per heavy atom. The normalized spacial score (nSPS) is 25.1. The summed E-state index contributed by atoms with van der Waals surface area (Å²) in [6.45, 7) is 14.7. The van der Waals surface area contributed by atoms with Crippen molar-refractivity contribution in [1.82, 2.24) is 25.1 Å². The summed E-state index contributed by atoms with van der Waals surface area (Å²) in [5.74, 6) is 2.33. The van der Waals surface area contributed by atoms with E-state index in [1.165, 1.54) is 25.7 Å². The number of methoxy groups -OCH3 is 1. The fourth-order valence-electron chi connectivity index (χ4n) is 6.88. The second kappa shape index (κ2) is 14.3. The summed E-state index contributed by atoms with van der Waals surface area (Å²) in [7, 11) is 1.69. The summed E-state index contributed by atoms with van der Waals surface area (Å²) >= 11 is 0. The van der Waals surface area contributed by atoms with E-state index < -0.39 is 0 Å². The topological polar surface area (TPSA) is 99.7 Å². The van der Waals surface area contributed by atoms with E-state index >= 15 is 0 Å². The van der Waals surface area contributed by atoms with Crippen LogP contribution in [0.15, 0.2) is 6.20 Å². The second-order valence-electron chi connectivity index (χ2n) is 13.9. The Morgan fingerprint density at radius 3 is 2.66 bits per heavy atom. The smallest absolute Gasteiger partial charge is 0.259 e. The van der Waals surface area contributed by atoms with E-state index in [0.717, 1.165) is 25.8 Å². The highest BCUT2D eigenvalue weighted by Gasteiger charge is 2.41. The van der Waals surface area contributed by atoms with Crippen LogP contribution in [0.1, 0.15) is 102 Å². The molecule has 1 aromatic rings. The number of nitrogens with one attached hydrogen (secondary N) is 2. The predicted molar refractivity (Wildman–Crippen MR) is 163 cm³/mol. The number of nitrogens with zero attached hydrogens (tertiary/aromatic N) is 4. The summed E-state index contributed by atoms with van der Waals surface area (Å²) in [5.41, 5.74) is 0.250. The molecule has 2 aliphatic heterocycles. The second-order valence-corrected chi connectivity index (χ2v) is 13.9. The van der Waals surface area contributed by atoms with E-state index in [9.17, 15) is 9.59 Å². The summed E-state index contributed by atoms with van der Waals surface area (Å²) in [6.07, 6.45) is 10.5. The van der Waals surface area contributed by atoms with Crippen molar-refractivity contribution in [2.75, 3.05) is 51.8 Å². The molecule has 3 aliphatic rings. The van der Waals surface area contributed by atoms with Gasteiger partial charge in [-0.3, -0.25) is 9.59 Å². The van der Waals surface area contributed by atoms with Crippen LogP contribution in [0.25, 0.3) is 0 Å². The van der Waals surface area contributed by atoms with E-state index in [-0.39, 0.29) is 35.1 Å². The molecule has 4 rings (SSSR count). The Balaban J connectivity index is 1.55. The van der Waals surface area contributed by atoms with Gasteiger partial charge in [-0.1, -0.05) is 47.5 Å². The van der Waals surface area contributed by atoms with Gasteiger partial charge in [-0.2, -0.15) is 0 Å². The van der Waals surface area contributed by atoms with Gasteiger partial charge >= 0.3 is 0 Å².